The minimum Gasteiger partial charge on any atom is -0.379 e. The molecular weight excluding hydrogens is 481 g/mol. The zero-order valence-corrected chi connectivity index (χ0v) is 20.6. The number of nitrogens with zero attached hydrogens (tertiary/aromatic N) is 3. The maximum atomic E-state index is 13.3. The highest BCUT2D eigenvalue weighted by Crippen LogP contribution is 2.69. The molecule has 0 bridgehead atoms. The van der Waals surface area contributed by atoms with Crippen molar-refractivity contribution in [1.29, 1.82) is 10.5 Å². The Labute approximate surface area is 213 Å². The highest BCUT2D eigenvalue weighted by Gasteiger charge is 2.67. The Hall–Kier alpha value is -3.40. The Morgan fingerprint density at radius 2 is 1.81 bits per heavy atom. The van der Waals surface area contributed by atoms with Crippen LogP contribution in [-0.2, 0) is 16.4 Å². The summed E-state index contributed by atoms with van der Waals surface area (Å²) in [7, 11) is 0. The van der Waals surface area contributed by atoms with E-state index < -0.39 is 28.8 Å². The molecule has 3 aliphatic rings. The zero-order chi connectivity index (χ0) is 26.8. The van der Waals surface area contributed by atoms with Gasteiger partial charge < -0.3 is 10.4 Å². The highest BCUT2D eigenvalue weighted by atomic mass is 19.4. The topological polar surface area (TPSA) is 100 Å². The van der Waals surface area contributed by atoms with E-state index in [2.05, 4.69) is 29.3 Å². The average Bonchev–Trinajstić information content (AvgIpc) is 2.80. The van der Waals surface area contributed by atoms with Crippen LogP contribution in [0.5, 0.6) is 0 Å². The van der Waals surface area contributed by atoms with Crippen molar-refractivity contribution in [3.63, 3.8) is 0 Å². The van der Waals surface area contributed by atoms with E-state index in [4.69, 9.17) is 5.26 Å². The molecule has 2 aromatic rings. The van der Waals surface area contributed by atoms with Crippen molar-refractivity contribution in [3.8, 4) is 12.1 Å². The number of aryl methyl sites for hydroxylation is 1. The van der Waals surface area contributed by atoms with Crippen LogP contribution in [0.3, 0.4) is 0 Å². The number of hydrogen-bond donors (Lipinski definition) is 2. The van der Waals surface area contributed by atoms with Gasteiger partial charge in [0, 0.05) is 25.3 Å². The minimum atomic E-state index is -4.74. The number of β-amino-alcohol motifs (C(OH)–C–C–N with tert-alkyl or cyclic N) is 1. The minimum absolute atomic E-state index is 0.0733. The molecule has 1 amide bonds. The van der Waals surface area contributed by atoms with E-state index in [-0.39, 0.29) is 17.6 Å². The van der Waals surface area contributed by atoms with E-state index in [1.54, 1.807) is 0 Å². The largest absolute Gasteiger partial charge is 0.417 e. The van der Waals surface area contributed by atoms with Crippen molar-refractivity contribution in [2.45, 2.75) is 43.9 Å². The number of amides is 1. The normalized spacial score (nSPS) is 27.9. The molecule has 3 unspecified atom stereocenters. The number of halogens is 3. The second kappa shape index (κ2) is 8.58. The van der Waals surface area contributed by atoms with Crippen LogP contribution in [0.2, 0.25) is 0 Å². The lowest BCUT2D eigenvalue weighted by Gasteiger charge is -2.72. The number of aliphatic hydroxyl groups is 1. The second-order valence-electron chi connectivity index (χ2n) is 11.0. The first kappa shape index (κ1) is 25.3. The predicted molar refractivity (Wildman–Crippen MR) is 129 cm³/mol. The number of likely N-dealkylation sites (tertiary alicyclic amines) is 1. The van der Waals surface area contributed by atoms with E-state index in [0.717, 1.165) is 37.6 Å². The first-order valence-corrected chi connectivity index (χ1v) is 12.3. The number of nitrogens with one attached hydrogen (secondary N) is 1. The van der Waals surface area contributed by atoms with Gasteiger partial charge in [0.2, 0.25) is 0 Å². The lowest BCUT2D eigenvalue weighted by Crippen LogP contribution is -2.72. The summed E-state index contributed by atoms with van der Waals surface area (Å²) in [5.74, 6) is 0.661. The predicted octanol–water partition coefficient (Wildman–Crippen LogP) is 4.36. The van der Waals surface area contributed by atoms with Gasteiger partial charge in [0.15, 0.2) is 5.60 Å². The Morgan fingerprint density at radius 1 is 1.14 bits per heavy atom. The van der Waals surface area contributed by atoms with Crippen LogP contribution in [0.15, 0.2) is 36.4 Å². The maximum absolute atomic E-state index is 13.3. The molecule has 0 spiro atoms. The van der Waals surface area contributed by atoms with Crippen molar-refractivity contribution in [1.82, 2.24) is 4.90 Å². The van der Waals surface area contributed by atoms with Gasteiger partial charge in [-0.1, -0.05) is 6.07 Å². The quantitative estimate of drug-likeness (QED) is 0.625. The first-order chi connectivity index (χ1) is 17.4. The molecule has 2 aliphatic carbocycles. The number of carbonyl (C=O) groups is 1. The van der Waals surface area contributed by atoms with Gasteiger partial charge in [-0.2, -0.15) is 23.7 Å². The van der Waals surface area contributed by atoms with E-state index in [1.165, 1.54) is 24.6 Å². The zero-order valence-electron chi connectivity index (χ0n) is 20.6. The molecule has 6 nitrogen and oxygen atoms in total. The van der Waals surface area contributed by atoms with Crippen molar-refractivity contribution >= 4 is 11.6 Å². The summed E-state index contributed by atoms with van der Waals surface area (Å²) in [5.41, 5.74) is -0.317. The summed E-state index contributed by atoms with van der Waals surface area (Å²) in [6, 6.07) is 12.6. The Morgan fingerprint density at radius 3 is 2.38 bits per heavy atom. The molecule has 1 saturated heterocycles. The van der Waals surface area contributed by atoms with Crippen molar-refractivity contribution in [3.05, 3.63) is 64.2 Å². The molecule has 9 heteroatoms. The van der Waals surface area contributed by atoms with Crippen LogP contribution in [0, 0.1) is 47.3 Å². The standard InChI is InChI=1S/C28H27F3N4O2/c1-16-7-17(11-32)3-6-22(16)27-9-19-13-35(14-20(10-27)24(19)27)15-26(2,37)25(36)34-21-5-4-18(12-33)23(8-21)28(29,30)31/h3-8,19-20,24,37H,9-10,13-15H2,1-2H3,(H,34,36). The van der Waals surface area contributed by atoms with Crippen LogP contribution in [0.25, 0.3) is 0 Å². The summed E-state index contributed by atoms with van der Waals surface area (Å²) in [4.78, 5) is 14.9. The smallest absolute Gasteiger partial charge is 0.379 e. The number of hydrogen-bond acceptors (Lipinski definition) is 5. The second-order valence-corrected chi connectivity index (χ2v) is 11.0. The summed E-state index contributed by atoms with van der Waals surface area (Å²) in [5, 5.41) is 31.5. The molecule has 2 N–H and O–H groups in total. The van der Waals surface area contributed by atoms with Gasteiger partial charge in [0.05, 0.1) is 28.8 Å². The summed E-state index contributed by atoms with van der Waals surface area (Å²) in [6.07, 6.45) is -2.69. The molecule has 2 aromatic carbocycles. The molecule has 1 aliphatic heterocycles. The fraction of sp³-hybridized carbons (Fsp3) is 0.464. The Bertz CT molecular complexity index is 1340. The molecule has 192 valence electrons. The number of anilines is 1. The molecule has 3 atom stereocenters. The van der Waals surface area contributed by atoms with E-state index in [0.29, 0.717) is 29.4 Å². The molecule has 5 rings (SSSR count). The SMILES string of the molecule is Cc1cc(C#N)ccc1C12CC3CN(CC(C)(O)C(=O)Nc4ccc(C#N)c(C(F)(F)F)c4)CC(C1)C32. The third-order valence-corrected chi connectivity index (χ3v) is 8.51. The van der Waals surface area contributed by atoms with Crippen LogP contribution in [0.4, 0.5) is 18.9 Å². The average molecular weight is 509 g/mol. The van der Waals surface area contributed by atoms with Gasteiger partial charge in [0.1, 0.15) is 0 Å². The van der Waals surface area contributed by atoms with Gasteiger partial charge in [-0.15, -0.1) is 0 Å². The molecule has 0 aromatic heterocycles. The number of alkyl halides is 3. The number of rotatable bonds is 5. The van der Waals surface area contributed by atoms with Crippen molar-refractivity contribution in [2.75, 3.05) is 25.0 Å². The lowest BCUT2D eigenvalue weighted by molar-refractivity contribution is -0.180. The third kappa shape index (κ3) is 4.17. The maximum Gasteiger partial charge on any atom is 0.417 e. The van der Waals surface area contributed by atoms with Crippen LogP contribution in [0.1, 0.15) is 47.6 Å². The van der Waals surface area contributed by atoms with Gasteiger partial charge in [-0.05, 0) is 91.3 Å². The molecule has 2 saturated carbocycles. The van der Waals surface area contributed by atoms with Crippen molar-refractivity contribution in [2.24, 2.45) is 17.8 Å². The Kier molecular flexibility index (Phi) is 5.86. The van der Waals surface area contributed by atoms with E-state index in [1.807, 2.05) is 12.1 Å². The van der Waals surface area contributed by atoms with Gasteiger partial charge >= 0.3 is 6.18 Å². The number of nitriles is 2. The molecule has 3 fully saturated rings. The lowest BCUT2D eigenvalue weighted by atomic mass is 9.35. The fourth-order valence-corrected chi connectivity index (χ4v) is 7.15. The summed E-state index contributed by atoms with van der Waals surface area (Å²) >= 11 is 0. The van der Waals surface area contributed by atoms with E-state index >= 15 is 0 Å². The van der Waals surface area contributed by atoms with Gasteiger partial charge in [-0.3, -0.25) is 9.69 Å². The van der Waals surface area contributed by atoms with Crippen molar-refractivity contribution < 1.29 is 23.1 Å². The van der Waals surface area contributed by atoms with Crippen LogP contribution >= 0.6 is 0 Å². The monoisotopic (exact) mass is 508 g/mol. The molecular formula is C28H27F3N4O2. The summed E-state index contributed by atoms with van der Waals surface area (Å²) < 4.78 is 39.8. The number of carbonyl (C=O) groups excluding carboxylic acids is 1. The Balaban J connectivity index is 1.23. The fourth-order valence-electron chi connectivity index (χ4n) is 7.15. The summed E-state index contributed by atoms with van der Waals surface area (Å²) in [6.45, 7) is 4.99. The molecule has 0 radical (unpaired) electrons. The van der Waals surface area contributed by atoms with Gasteiger partial charge in [0.25, 0.3) is 5.91 Å². The van der Waals surface area contributed by atoms with Crippen LogP contribution in [-0.4, -0.2) is 41.1 Å². The molecule has 37 heavy (non-hydrogen) atoms. The number of benzene rings is 2. The molecule has 1 heterocycles. The van der Waals surface area contributed by atoms with Gasteiger partial charge in [-0.25, -0.2) is 0 Å². The number of piperidine rings is 1. The third-order valence-electron chi connectivity index (χ3n) is 8.51. The highest BCUT2D eigenvalue weighted by molar-refractivity contribution is 5.97. The first-order valence-electron chi connectivity index (χ1n) is 12.3. The van der Waals surface area contributed by atoms with Crippen LogP contribution < -0.4 is 5.32 Å². The van der Waals surface area contributed by atoms with E-state index in [9.17, 15) is 28.3 Å².